The lowest BCUT2D eigenvalue weighted by Gasteiger charge is -1.97. The van der Waals surface area contributed by atoms with Gasteiger partial charge in [-0.25, -0.2) is 0 Å². The maximum absolute atomic E-state index is 4.60. The van der Waals surface area contributed by atoms with Gasteiger partial charge >= 0.3 is 0 Å². The van der Waals surface area contributed by atoms with Crippen LogP contribution in [0.2, 0.25) is 0 Å². The van der Waals surface area contributed by atoms with Gasteiger partial charge < -0.3 is 0 Å². The summed E-state index contributed by atoms with van der Waals surface area (Å²) in [5, 5.41) is 13.9. The topological polar surface area (TPSA) is 56.0 Å². The minimum Gasteiger partial charge on any atom is -0.264 e. The Hall–Kier alpha value is -2.12. The Morgan fingerprint density at radius 2 is 1.86 bits per heavy atom. The Bertz CT molecular complexity index is 898. The first-order valence-corrected chi connectivity index (χ1v) is 7.81. The van der Waals surface area contributed by atoms with Gasteiger partial charge in [0.25, 0.3) is 0 Å². The van der Waals surface area contributed by atoms with Crippen molar-refractivity contribution in [1.82, 2.24) is 24.8 Å². The van der Waals surface area contributed by atoms with Crippen LogP contribution in [-0.4, -0.2) is 24.8 Å². The smallest absolute Gasteiger partial charge is 0.235 e. The molecule has 0 saturated carbocycles. The number of hydrogen-bond donors (Lipinski definition) is 0. The minimum absolute atomic E-state index is 0.740. The Labute approximate surface area is 132 Å². The monoisotopic (exact) mass is 357 g/mol. The van der Waals surface area contributed by atoms with Crippen molar-refractivity contribution in [1.29, 1.82) is 0 Å². The molecule has 0 aliphatic heterocycles. The first-order valence-electron chi connectivity index (χ1n) is 6.20. The van der Waals surface area contributed by atoms with Crippen molar-refractivity contribution in [3.8, 4) is 22.0 Å². The summed E-state index contributed by atoms with van der Waals surface area (Å²) in [6.45, 7) is 0. The van der Waals surface area contributed by atoms with Gasteiger partial charge in [-0.3, -0.25) is 4.98 Å². The number of benzene rings is 1. The number of pyridine rings is 1. The molecule has 0 fully saturated rings. The van der Waals surface area contributed by atoms with Crippen molar-refractivity contribution in [2.24, 2.45) is 0 Å². The van der Waals surface area contributed by atoms with Crippen molar-refractivity contribution in [2.75, 3.05) is 0 Å². The normalized spacial score (nSPS) is 11.1. The van der Waals surface area contributed by atoms with E-state index in [9.17, 15) is 0 Å². The van der Waals surface area contributed by atoms with Crippen LogP contribution in [0.3, 0.4) is 0 Å². The number of aromatic nitrogens is 5. The Morgan fingerprint density at radius 1 is 1.00 bits per heavy atom. The van der Waals surface area contributed by atoms with Crippen LogP contribution in [0, 0.1) is 0 Å². The summed E-state index contributed by atoms with van der Waals surface area (Å²) >= 11 is 4.93. The molecule has 5 nitrogen and oxygen atoms in total. The van der Waals surface area contributed by atoms with Crippen molar-refractivity contribution in [3.05, 3.63) is 53.3 Å². The van der Waals surface area contributed by atoms with E-state index in [-0.39, 0.29) is 0 Å². The first kappa shape index (κ1) is 12.6. The van der Waals surface area contributed by atoms with E-state index in [1.807, 2.05) is 36.4 Å². The van der Waals surface area contributed by atoms with E-state index in [1.54, 1.807) is 16.9 Å². The molecule has 0 radical (unpaired) electrons. The van der Waals surface area contributed by atoms with Gasteiger partial charge in [-0.05, 0) is 24.3 Å². The zero-order chi connectivity index (χ0) is 14.2. The van der Waals surface area contributed by atoms with E-state index < -0.39 is 0 Å². The van der Waals surface area contributed by atoms with Gasteiger partial charge in [0.15, 0.2) is 5.82 Å². The second-order valence-corrected chi connectivity index (χ2v) is 6.25. The third kappa shape index (κ3) is 2.24. The highest BCUT2D eigenvalue weighted by atomic mass is 79.9. The average molecular weight is 358 g/mol. The molecule has 0 saturated heterocycles. The Kier molecular flexibility index (Phi) is 3.01. The van der Waals surface area contributed by atoms with E-state index in [0.717, 1.165) is 31.4 Å². The predicted octanol–water partition coefficient (Wildman–Crippen LogP) is 3.68. The van der Waals surface area contributed by atoms with Crippen LogP contribution in [0.1, 0.15) is 0 Å². The molecule has 1 aromatic carbocycles. The highest BCUT2D eigenvalue weighted by Gasteiger charge is 2.14. The van der Waals surface area contributed by atoms with Gasteiger partial charge in [0.05, 0.1) is 0 Å². The third-order valence-corrected chi connectivity index (χ3v) is 4.48. The molecule has 0 unspecified atom stereocenters. The van der Waals surface area contributed by atoms with Gasteiger partial charge in [-0.1, -0.05) is 39.4 Å². The lowest BCUT2D eigenvalue weighted by molar-refractivity contribution is 0.970. The first-order chi connectivity index (χ1) is 10.3. The van der Waals surface area contributed by atoms with Crippen LogP contribution in [0.25, 0.3) is 26.9 Å². The molecule has 7 heteroatoms. The van der Waals surface area contributed by atoms with Crippen LogP contribution in [-0.2, 0) is 0 Å². The molecule has 4 rings (SSSR count). The molecule has 21 heavy (non-hydrogen) atoms. The number of rotatable bonds is 2. The molecular formula is C14H8BrN5S. The summed E-state index contributed by atoms with van der Waals surface area (Å²) in [6.07, 6.45) is 3.54. The largest absolute Gasteiger partial charge is 0.264 e. The van der Waals surface area contributed by atoms with Crippen LogP contribution in [0.15, 0.2) is 53.3 Å². The van der Waals surface area contributed by atoms with E-state index >= 15 is 0 Å². The Morgan fingerprint density at radius 3 is 2.62 bits per heavy atom. The fraction of sp³-hybridized carbons (Fsp3) is 0. The van der Waals surface area contributed by atoms with Crippen molar-refractivity contribution >= 4 is 32.2 Å². The number of halogens is 1. The molecule has 0 bridgehead atoms. The molecule has 0 aliphatic rings. The number of nitrogens with zero attached hydrogens (tertiary/aromatic N) is 5. The summed E-state index contributed by atoms with van der Waals surface area (Å²) in [5.41, 5.74) is 1.96. The lowest BCUT2D eigenvalue weighted by atomic mass is 10.2. The molecule has 0 aliphatic carbocycles. The van der Waals surface area contributed by atoms with Crippen LogP contribution >= 0.6 is 27.3 Å². The lowest BCUT2D eigenvalue weighted by Crippen LogP contribution is -1.90. The summed E-state index contributed by atoms with van der Waals surface area (Å²) in [7, 11) is 0. The fourth-order valence-corrected chi connectivity index (χ4v) is 3.10. The summed E-state index contributed by atoms with van der Waals surface area (Å²) < 4.78 is 2.80. The predicted molar refractivity (Wildman–Crippen MR) is 85.0 cm³/mol. The zero-order valence-corrected chi connectivity index (χ0v) is 13.0. The molecule has 3 heterocycles. The van der Waals surface area contributed by atoms with E-state index in [1.165, 1.54) is 11.3 Å². The number of hydrogen-bond acceptors (Lipinski definition) is 5. The highest BCUT2D eigenvalue weighted by molar-refractivity contribution is 9.10. The third-order valence-electron chi connectivity index (χ3n) is 3.00. The fourth-order valence-electron chi connectivity index (χ4n) is 2.00. The van der Waals surface area contributed by atoms with Crippen molar-refractivity contribution < 1.29 is 0 Å². The van der Waals surface area contributed by atoms with Crippen LogP contribution < -0.4 is 0 Å². The van der Waals surface area contributed by atoms with Crippen LogP contribution in [0.4, 0.5) is 0 Å². The number of fused-ring (bicyclic) bond motifs is 1. The summed E-state index contributed by atoms with van der Waals surface area (Å²) in [4.78, 5) is 4.89. The molecule has 0 N–H and O–H groups in total. The molecular weight excluding hydrogens is 350 g/mol. The maximum Gasteiger partial charge on any atom is 0.235 e. The summed E-state index contributed by atoms with van der Waals surface area (Å²) in [6, 6.07) is 11.8. The minimum atomic E-state index is 0.740. The highest BCUT2D eigenvalue weighted by Crippen LogP contribution is 2.27. The zero-order valence-electron chi connectivity index (χ0n) is 10.6. The van der Waals surface area contributed by atoms with Gasteiger partial charge in [0.2, 0.25) is 4.96 Å². The van der Waals surface area contributed by atoms with Gasteiger partial charge in [0, 0.05) is 28.0 Å². The molecule has 102 valence electrons. The Balaban J connectivity index is 1.85. The SMILES string of the molecule is Brc1ccc(-c2nnc3sc(-c4cccnc4)nn23)cc1. The molecule has 0 amide bonds. The quantitative estimate of drug-likeness (QED) is 0.549. The van der Waals surface area contributed by atoms with Crippen molar-refractivity contribution in [3.63, 3.8) is 0 Å². The van der Waals surface area contributed by atoms with E-state index in [4.69, 9.17) is 0 Å². The van der Waals surface area contributed by atoms with Crippen LogP contribution in [0.5, 0.6) is 0 Å². The average Bonchev–Trinajstić information content (AvgIpc) is 3.09. The maximum atomic E-state index is 4.60. The second-order valence-electron chi connectivity index (χ2n) is 4.37. The molecule has 0 atom stereocenters. The van der Waals surface area contributed by atoms with Crippen molar-refractivity contribution in [2.45, 2.75) is 0 Å². The van der Waals surface area contributed by atoms with Gasteiger partial charge in [-0.2, -0.15) is 9.61 Å². The molecule has 4 aromatic rings. The molecule has 0 spiro atoms. The van der Waals surface area contributed by atoms with E-state index in [2.05, 4.69) is 36.2 Å². The summed E-state index contributed by atoms with van der Waals surface area (Å²) in [5.74, 6) is 0.740. The second kappa shape index (κ2) is 5.01. The van der Waals surface area contributed by atoms with Gasteiger partial charge in [0.1, 0.15) is 5.01 Å². The standard InChI is InChI=1S/C14H8BrN5S/c15-11-5-3-9(4-6-11)12-17-18-14-20(12)19-13(21-14)10-2-1-7-16-8-10/h1-8H. The van der Waals surface area contributed by atoms with Gasteiger partial charge in [-0.15, -0.1) is 10.2 Å². The van der Waals surface area contributed by atoms with E-state index in [0.29, 0.717) is 0 Å². The molecule has 3 aromatic heterocycles.